The van der Waals surface area contributed by atoms with Crippen molar-refractivity contribution in [3.63, 3.8) is 0 Å². The van der Waals surface area contributed by atoms with E-state index >= 15 is 0 Å². The van der Waals surface area contributed by atoms with Crippen LogP contribution in [0.3, 0.4) is 0 Å². The molecule has 1 N–H and O–H groups in total. The zero-order chi connectivity index (χ0) is 17.7. The summed E-state index contributed by atoms with van der Waals surface area (Å²) in [5.74, 6) is 0.949. The highest BCUT2D eigenvalue weighted by atomic mass is 32.2. The molecule has 1 aliphatic rings. The molecule has 0 spiro atoms. The monoisotopic (exact) mass is 366 g/mol. The van der Waals surface area contributed by atoms with Crippen LogP contribution in [-0.4, -0.2) is 43.0 Å². The van der Waals surface area contributed by atoms with E-state index < -0.39 is 10.0 Å². The van der Waals surface area contributed by atoms with Crippen molar-refractivity contribution >= 4 is 10.0 Å². The molecule has 0 bridgehead atoms. The molecule has 25 heavy (non-hydrogen) atoms. The molecule has 3 heterocycles. The van der Waals surface area contributed by atoms with Gasteiger partial charge in [0, 0.05) is 37.4 Å². The van der Waals surface area contributed by atoms with Crippen molar-refractivity contribution in [2.75, 3.05) is 19.8 Å². The maximum Gasteiger partial charge on any atom is 0.258 e. The summed E-state index contributed by atoms with van der Waals surface area (Å²) in [7, 11) is -3.65. The van der Waals surface area contributed by atoms with Crippen molar-refractivity contribution in [1.29, 1.82) is 0 Å². The number of aromatic nitrogens is 3. The lowest BCUT2D eigenvalue weighted by Gasteiger charge is -2.14. The number of nitrogens with zero attached hydrogens (tertiary/aromatic N) is 3. The Morgan fingerprint density at radius 3 is 3.04 bits per heavy atom. The second kappa shape index (κ2) is 7.94. The molecular weight excluding hydrogens is 344 g/mol. The average molecular weight is 366 g/mol. The van der Waals surface area contributed by atoms with Gasteiger partial charge in [0.15, 0.2) is 5.03 Å². The Hall–Kier alpha value is -1.97. The van der Waals surface area contributed by atoms with Crippen LogP contribution in [0.4, 0.5) is 0 Å². The molecule has 2 aromatic rings. The predicted molar refractivity (Wildman–Crippen MR) is 90.6 cm³/mol. The van der Waals surface area contributed by atoms with E-state index in [2.05, 4.69) is 14.8 Å². The molecule has 9 heteroatoms. The molecule has 1 saturated heterocycles. The highest BCUT2D eigenvalue weighted by Gasteiger charge is 2.20. The van der Waals surface area contributed by atoms with E-state index in [1.54, 1.807) is 18.5 Å². The first-order valence-corrected chi connectivity index (χ1v) is 9.73. The van der Waals surface area contributed by atoms with Crippen LogP contribution in [0, 0.1) is 5.92 Å². The minimum Gasteiger partial charge on any atom is -0.491 e. The molecule has 136 valence electrons. The Morgan fingerprint density at radius 1 is 1.40 bits per heavy atom. The zero-order valence-corrected chi connectivity index (χ0v) is 14.9. The van der Waals surface area contributed by atoms with E-state index in [1.165, 1.54) is 16.9 Å². The van der Waals surface area contributed by atoms with E-state index in [9.17, 15) is 8.42 Å². The van der Waals surface area contributed by atoms with Crippen molar-refractivity contribution < 1.29 is 17.9 Å². The molecular formula is C16H22N4O4S. The fraction of sp³-hybridized carbons (Fsp3) is 0.500. The van der Waals surface area contributed by atoms with Crippen LogP contribution in [0.1, 0.15) is 18.9 Å². The third-order valence-electron chi connectivity index (χ3n) is 4.07. The third-order valence-corrected chi connectivity index (χ3v) is 5.50. The van der Waals surface area contributed by atoms with Crippen LogP contribution in [0.2, 0.25) is 0 Å². The quantitative estimate of drug-likeness (QED) is 0.754. The fourth-order valence-electron chi connectivity index (χ4n) is 2.64. The Labute approximate surface area is 147 Å². The lowest BCUT2D eigenvalue weighted by Crippen LogP contribution is -2.26. The molecule has 1 atom stereocenters. The smallest absolute Gasteiger partial charge is 0.258 e. The summed E-state index contributed by atoms with van der Waals surface area (Å²) < 4.78 is 40.2. The van der Waals surface area contributed by atoms with Gasteiger partial charge in [0.05, 0.1) is 25.6 Å². The van der Waals surface area contributed by atoms with Gasteiger partial charge in [-0.3, -0.25) is 9.67 Å². The lowest BCUT2D eigenvalue weighted by molar-refractivity contribution is 0.166. The van der Waals surface area contributed by atoms with E-state index in [0.717, 1.165) is 18.6 Å². The van der Waals surface area contributed by atoms with Gasteiger partial charge >= 0.3 is 0 Å². The van der Waals surface area contributed by atoms with Gasteiger partial charge in [-0.2, -0.15) is 5.10 Å². The molecule has 1 aliphatic heterocycles. The number of nitrogens with one attached hydrogen (secondary N) is 1. The Balaban J connectivity index is 1.66. The Kier molecular flexibility index (Phi) is 5.67. The Morgan fingerprint density at radius 2 is 2.28 bits per heavy atom. The summed E-state index contributed by atoms with van der Waals surface area (Å²) in [5.41, 5.74) is 0.736. The van der Waals surface area contributed by atoms with Crippen molar-refractivity contribution in [3.05, 3.63) is 36.3 Å². The first-order valence-electron chi connectivity index (χ1n) is 8.25. The van der Waals surface area contributed by atoms with Gasteiger partial charge in [0.2, 0.25) is 0 Å². The van der Waals surface area contributed by atoms with E-state index in [1.807, 2.05) is 6.92 Å². The number of aryl methyl sites for hydroxylation is 1. The number of pyridine rings is 1. The minimum atomic E-state index is -3.65. The maximum absolute atomic E-state index is 12.5. The Bertz CT molecular complexity index is 800. The van der Waals surface area contributed by atoms with Gasteiger partial charge in [0.1, 0.15) is 5.75 Å². The summed E-state index contributed by atoms with van der Waals surface area (Å²) in [6.45, 7) is 4.44. The molecule has 2 aromatic heterocycles. The highest BCUT2D eigenvalue weighted by molar-refractivity contribution is 7.89. The van der Waals surface area contributed by atoms with Crippen LogP contribution in [0.5, 0.6) is 5.75 Å². The zero-order valence-electron chi connectivity index (χ0n) is 14.1. The standard InChI is InChI=1S/C16H22N4O4S/c1-2-20-16(4-7-18-20)25(21,22)19-9-14-3-6-17-10-15(14)24-12-13-5-8-23-11-13/h3-4,6-7,10,13,19H,2,5,8-9,11-12H2,1H3/t13-/m0/s1. The molecule has 0 amide bonds. The molecule has 0 unspecified atom stereocenters. The topological polar surface area (TPSA) is 95.3 Å². The minimum absolute atomic E-state index is 0.121. The van der Waals surface area contributed by atoms with E-state index in [0.29, 0.717) is 31.4 Å². The van der Waals surface area contributed by atoms with E-state index in [4.69, 9.17) is 9.47 Å². The van der Waals surface area contributed by atoms with Crippen LogP contribution < -0.4 is 9.46 Å². The molecule has 0 saturated carbocycles. The summed E-state index contributed by atoms with van der Waals surface area (Å²) >= 11 is 0. The summed E-state index contributed by atoms with van der Waals surface area (Å²) in [6, 6.07) is 3.23. The first kappa shape index (κ1) is 17.8. The first-order chi connectivity index (χ1) is 12.1. The van der Waals surface area contributed by atoms with Crippen LogP contribution in [-0.2, 0) is 27.8 Å². The summed E-state index contributed by atoms with van der Waals surface area (Å²) in [5, 5.41) is 4.15. The third kappa shape index (κ3) is 4.36. The second-order valence-corrected chi connectivity index (χ2v) is 7.55. The number of hydrogen-bond donors (Lipinski definition) is 1. The van der Waals surface area contributed by atoms with Crippen LogP contribution in [0.25, 0.3) is 0 Å². The molecule has 8 nitrogen and oxygen atoms in total. The predicted octanol–water partition coefficient (Wildman–Crippen LogP) is 1.19. The molecule has 0 radical (unpaired) electrons. The van der Waals surface area contributed by atoms with Crippen LogP contribution in [0.15, 0.2) is 35.7 Å². The normalized spacial score (nSPS) is 17.7. The number of hydrogen-bond acceptors (Lipinski definition) is 6. The molecule has 0 aliphatic carbocycles. The van der Waals surface area contributed by atoms with Gasteiger partial charge < -0.3 is 9.47 Å². The van der Waals surface area contributed by atoms with Gasteiger partial charge in [-0.25, -0.2) is 13.1 Å². The molecule has 1 fully saturated rings. The highest BCUT2D eigenvalue weighted by Crippen LogP contribution is 2.20. The average Bonchev–Trinajstić information content (AvgIpc) is 3.30. The van der Waals surface area contributed by atoms with Crippen molar-refractivity contribution in [2.24, 2.45) is 5.92 Å². The van der Waals surface area contributed by atoms with Crippen molar-refractivity contribution in [1.82, 2.24) is 19.5 Å². The van der Waals surface area contributed by atoms with Gasteiger partial charge in [-0.05, 0) is 25.5 Å². The molecule has 3 rings (SSSR count). The van der Waals surface area contributed by atoms with Crippen molar-refractivity contribution in [2.45, 2.75) is 31.5 Å². The fourth-order valence-corrected chi connectivity index (χ4v) is 3.83. The second-order valence-electron chi connectivity index (χ2n) is 5.83. The van der Waals surface area contributed by atoms with E-state index in [-0.39, 0.29) is 11.6 Å². The van der Waals surface area contributed by atoms with Gasteiger partial charge in [0.25, 0.3) is 10.0 Å². The number of rotatable bonds is 8. The SMILES string of the molecule is CCn1nccc1S(=O)(=O)NCc1ccncc1OC[C@H]1CCOC1. The maximum atomic E-state index is 12.5. The van der Waals surface area contributed by atoms with Gasteiger partial charge in [-0.15, -0.1) is 0 Å². The summed E-state index contributed by atoms with van der Waals surface area (Å²) in [4.78, 5) is 4.06. The van der Waals surface area contributed by atoms with Crippen LogP contribution >= 0.6 is 0 Å². The lowest BCUT2D eigenvalue weighted by atomic mass is 10.1. The number of ether oxygens (including phenoxy) is 2. The van der Waals surface area contributed by atoms with Crippen molar-refractivity contribution in [3.8, 4) is 5.75 Å². The largest absolute Gasteiger partial charge is 0.491 e. The van der Waals surface area contributed by atoms with Gasteiger partial charge in [-0.1, -0.05) is 0 Å². The summed E-state index contributed by atoms with van der Waals surface area (Å²) in [6.07, 6.45) is 5.67. The number of sulfonamides is 1. The molecule has 0 aromatic carbocycles.